The Morgan fingerprint density at radius 1 is 1.21 bits per heavy atom. The molecule has 1 heterocycles. The largest absolute Gasteiger partial charge is 0.335 e. The van der Waals surface area contributed by atoms with Crippen LogP contribution in [0.15, 0.2) is 0 Å². The maximum absolute atomic E-state index is 11.1. The van der Waals surface area contributed by atoms with Crippen molar-refractivity contribution in [3.8, 4) is 0 Å². The van der Waals surface area contributed by atoms with Crippen molar-refractivity contribution in [1.82, 2.24) is 15.8 Å². The van der Waals surface area contributed by atoms with Gasteiger partial charge in [0.25, 0.3) is 0 Å². The Morgan fingerprint density at radius 3 is 2.43 bits per heavy atom. The minimum atomic E-state index is -0.502. The lowest BCUT2D eigenvalue weighted by molar-refractivity contribution is -0.117. The Labute approximate surface area is 87.7 Å². The monoisotopic (exact) mass is 219 g/mol. The van der Waals surface area contributed by atoms with Gasteiger partial charge >= 0.3 is 6.03 Å². The van der Waals surface area contributed by atoms with Crippen LogP contribution in [0.3, 0.4) is 0 Å². The van der Waals surface area contributed by atoms with Crippen molar-refractivity contribution in [2.75, 3.05) is 19.0 Å². The van der Waals surface area contributed by atoms with Crippen molar-refractivity contribution in [2.45, 2.75) is 19.3 Å². The average molecular weight is 220 g/mol. The van der Waals surface area contributed by atoms with Gasteiger partial charge in [0.05, 0.1) is 0 Å². The van der Waals surface area contributed by atoms with Gasteiger partial charge in [-0.05, 0) is 12.8 Å². The van der Waals surface area contributed by atoms with Crippen molar-refractivity contribution < 1.29 is 9.59 Å². The molecule has 6 heteroatoms. The topological polar surface area (TPSA) is 61.4 Å². The number of hydrogen-bond acceptors (Lipinski definition) is 3. The highest BCUT2D eigenvalue weighted by Crippen LogP contribution is 2.05. The van der Waals surface area contributed by atoms with Crippen LogP contribution in [0.2, 0.25) is 0 Å². The third kappa shape index (κ3) is 3.93. The molecule has 0 bridgehead atoms. The molecule has 0 spiro atoms. The standard InChI is InChI=1S/C8H14ClN3O2/c9-6-7(13)10-8(14)11-12-4-2-1-3-5-12/h1-6H2,(H2,10,11,13,14). The molecule has 0 atom stereocenters. The van der Waals surface area contributed by atoms with Gasteiger partial charge in [-0.15, -0.1) is 11.6 Å². The fourth-order valence-electron chi connectivity index (χ4n) is 1.34. The lowest BCUT2D eigenvalue weighted by Crippen LogP contribution is -2.50. The Balaban J connectivity index is 2.21. The molecule has 14 heavy (non-hydrogen) atoms. The maximum atomic E-state index is 11.1. The summed E-state index contributed by atoms with van der Waals surface area (Å²) in [6, 6.07) is -0.502. The Kier molecular flexibility index (Phi) is 4.69. The Morgan fingerprint density at radius 2 is 1.86 bits per heavy atom. The van der Waals surface area contributed by atoms with Crippen LogP contribution >= 0.6 is 11.6 Å². The highest BCUT2D eigenvalue weighted by Gasteiger charge is 2.13. The zero-order valence-electron chi connectivity index (χ0n) is 7.88. The number of hydrazine groups is 1. The van der Waals surface area contributed by atoms with Gasteiger partial charge < -0.3 is 0 Å². The van der Waals surface area contributed by atoms with Crippen LogP contribution in [0.25, 0.3) is 0 Å². The van der Waals surface area contributed by atoms with E-state index in [-0.39, 0.29) is 5.88 Å². The van der Waals surface area contributed by atoms with Gasteiger partial charge in [-0.2, -0.15) is 0 Å². The summed E-state index contributed by atoms with van der Waals surface area (Å²) >= 11 is 5.23. The minimum Gasteiger partial charge on any atom is -0.276 e. The van der Waals surface area contributed by atoms with Gasteiger partial charge in [0.2, 0.25) is 5.91 Å². The summed E-state index contributed by atoms with van der Waals surface area (Å²) in [7, 11) is 0. The van der Waals surface area contributed by atoms with Gasteiger partial charge in [0.1, 0.15) is 5.88 Å². The summed E-state index contributed by atoms with van der Waals surface area (Å²) in [6.07, 6.45) is 3.34. The average Bonchev–Trinajstić information content (AvgIpc) is 2.19. The van der Waals surface area contributed by atoms with E-state index in [4.69, 9.17) is 11.6 Å². The lowest BCUT2D eigenvalue weighted by atomic mass is 10.2. The molecule has 0 aromatic heterocycles. The molecule has 0 aliphatic carbocycles. The summed E-state index contributed by atoms with van der Waals surface area (Å²) in [6.45, 7) is 1.67. The normalized spacial score (nSPS) is 17.5. The molecule has 0 radical (unpaired) electrons. The highest BCUT2D eigenvalue weighted by atomic mass is 35.5. The molecule has 1 rings (SSSR count). The zero-order valence-corrected chi connectivity index (χ0v) is 8.64. The van der Waals surface area contributed by atoms with Gasteiger partial charge in [0.15, 0.2) is 0 Å². The second kappa shape index (κ2) is 5.82. The summed E-state index contributed by atoms with van der Waals surface area (Å²) < 4.78 is 0. The van der Waals surface area contributed by atoms with E-state index >= 15 is 0 Å². The molecular formula is C8H14ClN3O2. The van der Waals surface area contributed by atoms with E-state index in [0.717, 1.165) is 25.9 Å². The third-order valence-electron chi connectivity index (χ3n) is 1.99. The van der Waals surface area contributed by atoms with Crippen LogP contribution < -0.4 is 10.7 Å². The number of halogens is 1. The molecule has 2 N–H and O–H groups in total. The number of hydrogen-bond donors (Lipinski definition) is 2. The fraction of sp³-hybridized carbons (Fsp3) is 0.750. The Bertz CT molecular complexity index is 217. The fourth-order valence-corrected chi connectivity index (χ4v) is 1.40. The number of carbonyl (C=O) groups is 2. The number of urea groups is 1. The van der Waals surface area contributed by atoms with Crippen LogP contribution in [0.4, 0.5) is 4.79 Å². The second-order valence-corrected chi connectivity index (χ2v) is 3.44. The van der Waals surface area contributed by atoms with Gasteiger partial charge in [-0.3, -0.25) is 15.5 Å². The maximum Gasteiger partial charge on any atom is 0.335 e. The van der Waals surface area contributed by atoms with E-state index in [9.17, 15) is 9.59 Å². The molecule has 3 amide bonds. The minimum absolute atomic E-state index is 0.201. The first-order chi connectivity index (χ1) is 6.72. The SMILES string of the molecule is O=C(CCl)NC(=O)NN1CCCCC1. The summed E-state index contributed by atoms with van der Waals surface area (Å²) in [5.41, 5.74) is 2.59. The smallest absolute Gasteiger partial charge is 0.276 e. The van der Waals surface area contributed by atoms with Crippen molar-refractivity contribution in [3.63, 3.8) is 0 Å². The van der Waals surface area contributed by atoms with E-state index in [1.807, 2.05) is 0 Å². The molecule has 1 fully saturated rings. The summed E-state index contributed by atoms with van der Waals surface area (Å²) in [5.74, 6) is -0.686. The van der Waals surface area contributed by atoms with Gasteiger partial charge in [-0.1, -0.05) is 6.42 Å². The lowest BCUT2D eigenvalue weighted by Gasteiger charge is -2.26. The predicted octanol–water partition coefficient (Wildman–Crippen LogP) is 0.452. The number of nitrogens with zero attached hydrogens (tertiary/aromatic N) is 1. The van der Waals surface area contributed by atoms with Crippen molar-refractivity contribution in [2.24, 2.45) is 0 Å². The molecular weight excluding hydrogens is 206 g/mol. The first-order valence-corrected chi connectivity index (χ1v) is 5.17. The molecule has 1 saturated heterocycles. The molecule has 1 aliphatic rings. The van der Waals surface area contributed by atoms with E-state index < -0.39 is 11.9 Å². The molecule has 80 valence electrons. The summed E-state index contributed by atoms with van der Waals surface area (Å²) in [5, 5.41) is 3.92. The van der Waals surface area contributed by atoms with Gasteiger partial charge in [0, 0.05) is 13.1 Å². The molecule has 0 saturated carbocycles. The number of amides is 3. The van der Waals surface area contributed by atoms with E-state index in [2.05, 4.69) is 10.7 Å². The van der Waals surface area contributed by atoms with Crippen LogP contribution in [-0.4, -0.2) is 35.9 Å². The number of nitrogens with one attached hydrogen (secondary N) is 2. The van der Waals surface area contributed by atoms with Crippen LogP contribution in [0, 0.1) is 0 Å². The van der Waals surface area contributed by atoms with E-state index in [0.29, 0.717) is 0 Å². The van der Waals surface area contributed by atoms with Crippen molar-refractivity contribution in [1.29, 1.82) is 0 Å². The number of piperidine rings is 1. The van der Waals surface area contributed by atoms with Crippen molar-refractivity contribution in [3.05, 3.63) is 0 Å². The number of carbonyl (C=O) groups excluding carboxylic acids is 2. The van der Waals surface area contributed by atoms with Gasteiger partial charge in [-0.25, -0.2) is 9.80 Å². The first kappa shape index (κ1) is 11.3. The van der Waals surface area contributed by atoms with E-state index in [1.165, 1.54) is 6.42 Å². The first-order valence-electron chi connectivity index (χ1n) is 4.64. The van der Waals surface area contributed by atoms with Crippen LogP contribution in [0.1, 0.15) is 19.3 Å². The van der Waals surface area contributed by atoms with Crippen LogP contribution in [-0.2, 0) is 4.79 Å². The quantitative estimate of drug-likeness (QED) is 0.663. The predicted molar refractivity (Wildman–Crippen MR) is 52.8 cm³/mol. The zero-order chi connectivity index (χ0) is 10.4. The second-order valence-electron chi connectivity index (χ2n) is 3.17. The highest BCUT2D eigenvalue weighted by molar-refractivity contribution is 6.28. The summed E-state index contributed by atoms with van der Waals surface area (Å²) in [4.78, 5) is 21.9. The number of rotatable bonds is 2. The number of imide groups is 1. The molecule has 1 aliphatic heterocycles. The third-order valence-corrected chi connectivity index (χ3v) is 2.23. The number of alkyl halides is 1. The van der Waals surface area contributed by atoms with Crippen molar-refractivity contribution >= 4 is 23.5 Å². The molecule has 0 unspecified atom stereocenters. The van der Waals surface area contributed by atoms with Crippen LogP contribution in [0.5, 0.6) is 0 Å². The molecule has 0 aromatic carbocycles. The molecule has 5 nitrogen and oxygen atoms in total. The Hall–Kier alpha value is -0.810. The molecule has 0 aromatic rings. The van der Waals surface area contributed by atoms with E-state index in [1.54, 1.807) is 5.01 Å².